The summed E-state index contributed by atoms with van der Waals surface area (Å²) in [5, 5.41) is 7.35. The van der Waals surface area contributed by atoms with Gasteiger partial charge < -0.3 is 9.72 Å². The first kappa shape index (κ1) is 15.1. The highest BCUT2D eigenvalue weighted by atomic mass is 16.1. The average molecular weight is 331 g/mol. The van der Waals surface area contributed by atoms with Crippen molar-refractivity contribution in [2.24, 2.45) is 0 Å². The quantitative estimate of drug-likeness (QED) is 0.625. The van der Waals surface area contributed by atoms with E-state index in [1.807, 2.05) is 60.1 Å². The van der Waals surface area contributed by atoms with E-state index in [9.17, 15) is 4.79 Å². The van der Waals surface area contributed by atoms with Crippen molar-refractivity contribution in [3.63, 3.8) is 0 Å². The van der Waals surface area contributed by atoms with Gasteiger partial charge in [0.1, 0.15) is 5.65 Å². The Balaban J connectivity index is 1.59. The number of rotatable bonds is 4. The summed E-state index contributed by atoms with van der Waals surface area (Å²) in [5.41, 5.74) is 3.36. The monoisotopic (exact) mass is 331 g/mol. The first-order valence-corrected chi connectivity index (χ1v) is 8.05. The van der Waals surface area contributed by atoms with Crippen LogP contribution in [0.1, 0.15) is 28.9 Å². The highest BCUT2D eigenvalue weighted by Gasteiger charge is 2.15. The largest absolute Gasteiger partial charge is 0.345 e. The number of fused-ring (bicyclic) bond motifs is 1. The molecule has 0 saturated heterocycles. The molecule has 0 unspecified atom stereocenters. The Bertz CT molecular complexity index is 1020. The van der Waals surface area contributed by atoms with Gasteiger partial charge in [-0.1, -0.05) is 18.2 Å². The van der Waals surface area contributed by atoms with E-state index < -0.39 is 0 Å². The van der Waals surface area contributed by atoms with Crippen LogP contribution in [0, 0.1) is 0 Å². The number of hydrogen-bond acceptors (Lipinski definition) is 3. The molecule has 0 fully saturated rings. The number of aromatic nitrogens is 4. The smallest absolute Gasteiger partial charge is 0.253 e. The summed E-state index contributed by atoms with van der Waals surface area (Å²) >= 11 is 0. The lowest BCUT2D eigenvalue weighted by Gasteiger charge is -2.18. The maximum absolute atomic E-state index is 12.6. The van der Waals surface area contributed by atoms with Crippen LogP contribution in [-0.4, -0.2) is 25.1 Å². The van der Waals surface area contributed by atoms with Crippen LogP contribution in [0.3, 0.4) is 0 Å². The molecule has 0 aliphatic heterocycles. The normalized spacial score (nSPS) is 12.2. The molecule has 0 spiro atoms. The van der Waals surface area contributed by atoms with Crippen LogP contribution in [0.4, 0.5) is 0 Å². The van der Waals surface area contributed by atoms with Crippen molar-refractivity contribution < 1.29 is 4.79 Å². The van der Waals surface area contributed by atoms with Crippen molar-refractivity contribution in [1.82, 2.24) is 24.5 Å². The van der Waals surface area contributed by atoms with Crippen molar-refractivity contribution in [1.29, 1.82) is 0 Å². The van der Waals surface area contributed by atoms with Crippen LogP contribution in [0.15, 0.2) is 73.4 Å². The van der Waals surface area contributed by atoms with Gasteiger partial charge in [-0.05, 0) is 36.8 Å². The number of carbonyl (C=O) groups excluding carboxylic acids is 1. The Hall–Kier alpha value is -3.41. The molecule has 25 heavy (non-hydrogen) atoms. The lowest BCUT2D eigenvalue weighted by atomic mass is 10.1. The first-order chi connectivity index (χ1) is 12.2. The Morgan fingerprint density at radius 1 is 1.08 bits per heavy atom. The molecule has 4 aromatic rings. The van der Waals surface area contributed by atoms with Gasteiger partial charge in [0.2, 0.25) is 0 Å². The topological polar surface area (TPSA) is 64.2 Å². The van der Waals surface area contributed by atoms with Crippen molar-refractivity contribution in [3.8, 4) is 5.69 Å². The van der Waals surface area contributed by atoms with Crippen LogP contribution >= 0.6 is 0 Å². The van der Waals surface area contributed by atoms with Crippen LogP contribution in [0.25, 0.3) is 11.3 Å². The predicted molar refractivity (Wildman–Crippen MR) is 94.6 cm³/mol. The molecule has 124 valence electrons. The highest BCUT2D eigenvalue weighted by Crippen LogP contribution is 2.21. The second kappa shape index (κ2) is 6.24. The molecular formula is C19H17N5O. The minimum Gasteiger partial charge on any atom is -0.345 e. The summed E-state index contributed by atoms with van der Waals surface area (Å²) in [4.78, 5) is 16.8. The Kier molecular flexibility index (Phi) is 3.78. The summed E-state index contributed by atoms with van der Waals surface area (Å²) in [7, 11) is 0. The van der Waals surface area contributed by atoms with E-state index >= 15 is 0 Å². The molecule has 1 atom stereocenters. The molecule has 6 heteroatoms. The van der Waals surface area contributed by atoms with E-state index in [0.29, 0.717) is 5.56 Å². The Morgan fingerprint density at radius 2 is 1.96 bits per heavy atom. The molecule has 6 nitrogen and oxygen atoms in total. The van der Waals surface area contributed by atoms with Gasteiger partial charge in [0.25, 0.3) is 5.91 Å². The zero-order chi connectivity index (χ0) is 17.2. The first-order valence-electron chi connectivity index (χ1n) is 8.05. The van der Waals surface area contributed by atoms with Gasteiger partial charge in [0, 0.05) is 31.0 Å². The van der Waals surface area contributed by atoms with Gasteiger partial charge >= 0.3 is 0 Å². The van der Waals surface area contributed by atoms with Gasteiger partial charge in [0.15, 0.2) is 0 Å². The fourth-order valence-corrected chi connectivity index (χ4v) is 2.89. The highest BCUT2D eigenvalue weighted by molar-refractivity contribution is 5.94. The van der Waals surface area contributed by atoms with Gasteiger partial charge in [-0.3, -0.25) is 4.79 Å². The second-order valence-corrected chi connectivity index (χ2v) is 5.82. The fourth-order valence-electron chi connectivity index (χ4n) is 2.89. The number of hydrogen-bond donors (Lipinski definition) is 1. The van der Waals surface area contributed by atoms with Gasteiger partial charge in [-0.25, -0.2) is 9.67 Å². The molecule has 0 aliphatic carbocycles. The van der Waals surface area contributed by atoms with Crippen molar-refractivity contribution in [2.45, 2.75) is 13.0 Å². The molecule has 0 radical (unpaired) electrons. The molecule has 0 aliphatic rings. The van der Waals surface area contributed by atoms with Crippen molar-refractivity contribution in [3.05, 3.63) is 84.6 Å². The number of para-hydroxylation sites is 1. The van der Waals surface area contributed by atoms with Gasteiger partial charge in [0.05, 0.1) is 17.3 Å². The molecule has 1 amide bonds. The van der Waals surface area contributed by atoms with E-state index in [1.165, 1.54) is 0 Å². The molecule has 1 N–H and O–H groups in total. The zero-order valence-corrected chi connectivity index (χ0v) is 13.7. The second-order valence-electron chi connectivity index (χ2n) is 5.82. The van der Waals surface area contributed by atoms with Crippen LogP contribution < -0.4 is 5.32 Å². The number of nitrogens with zero attached hydrogens (tertiary/aromatic N) is 4. The minimum atomic E-state index is -0.161. The maximum Gasteiger partial charge on any atom is 0.253 e. The van der Waals surface area contributed by atoms with Crippen LogP contribution in [-0.2, 0) is 0 Å². The molecular weight excluding hydrogens is 314 g/mol. The van der Waals surface area contributed by atoms with Crippen LogP contribution in [0.5, 0.6) is 0 Å². The molecule has 1 aromatic carbocycles. The van der Waals surface area contributed by atoms with Crippen molar-refractivity contribution >= 4 is 11.6 Å². The van der Waals surface area contributed by atoms with E-state index in [1.54, 1.807) is 29.3 Å². The Labute approximate surface area is 144 Å². The number of nitrogens with one attached hydrogen (secondary N) is 1. The summed E-state index contributed by atoms with van der Waals surface area (Å²) in [5.74, 6) is -0.127. The van der Waals surface area contributed by atoms with Crippen molar-refractivity contribution in [2.75, 3.05) is 0 Å². The lowest BCUT2D eigenvalue weighted by molar-refractivity contribution is 0.0939. The minimum absolute atomic E-state index is 0.127. The third-order valence-electron chi connectivity index (χ3n) is 4.15. The summed E-state index contributed by atoms with van der Waals surface area (Å²) in [6, 6.07) is 13.2. The molecule has 4 rings (SSSR count). The summed E-state index contributed by atoms with van der Waals surface area (Å²) in [6.07, 6.45) is 8.94. The SMILES string of the molecule is C[C@H](NC(=O)c1ccc2nccn2c1)c1ccccc1-n1cccn1. The number of pyridine rings is 1. The molecule has 3 heterocycles. The maximum atomic E-state index is 12.6. The lowest BCUT2D eigenvalue weighted by Crippen LogP contribution is -2.27. The zero-order valence-electron chi connectivity index (χ0n) is 13.7. The van der Waals surface area contributed by atoms with Crippen LogP contribution in [0.2, 0.25) is 0 Å². The molecule has 3 aromatic heterocycles. The van der Waals surface area contributed by atoms with E-state index in [2.05, 4.69) is 15.4 Å². The fraction of sp³-hybridized carbons (Fsp3) is 0.105. The third kappa shape index (κ3) is 2.89. The summed E-state index contributed by atoms with van der Waals surface area (Å²) in [6.45, 7) is 1.97. The Morgan fingerprint density at radius 3 is 2.80 bits per heavy atom. The number of carbonyl (C=O) groups is 1. The summed E-state index contributed by atoms with van der Waals surface area (Å²) < 4.78 is 3.63. The number of benzene rings is 1. The van der Waals surface area contributed by atoms with E-state index in [-0.39, 0.29) is 11.9 Å². The standard InChI is InChI=1S/C19H17N5O/c1-14(16-5-2-3-6-17(16)24-11-4-9-21-24)22-19(25)15-7-8-18-20-10-12-23(18)13-15/h2-14H,1H3,(H,22,25)/t14-/m0/s1. The van der Waals surface area contributed by atoms with E-state index in [0.717, 1.165) is 16.9 Å². The number of amides is 1. The molecule has 0 saturated carbocycles. The molecule has 0 bridgehead atoms. The van der Waals surface area contributed by atoms with Gasteiger partial charge in [-0.15, -0.1) is 0 Å². The number of imidazole rings is 1. The van der Waals surface area contributed by atoms with Gasteiger partial charge in [-0.2, -0.15) is 5.10 Å². The average Bonchev–Trinajstić information content (AvgIpc) is 3.32. The predicted octanol–water partition coefficient (Wildman–Crippen LogP) is 3.01. The third-order valence-corrected chi connectivity index (χ3v) is 4.15. The van der Waals surface area contributed by atoms with E-state index in [4.69, 9.17) is 0 Å².